The Bertz CT molecular complexity index is 1290. The average Bonchev–Trinajstić information content (AvgIpc) is 3.13. The van der Waals surface area contributed by atoms with E-state index in [4.69, 9.17) is 9.47 Å². The lowest BCUT2D eigenvalue weighted by molar-refractivity contribution is -0.132. The van der Waals surface area contributed by atoms with E-state index in [-0.39, 0.29) is 11.3 Å². The summed E-state index contributed by atoms with van der Waals surface area (Å²) < 4.78 is 11.1. The van der Waals surface area contributed by atoms with Crippen molar-refractivity contribution in [1.29, 1.82) is 0 Å². The topological polar surface area (TPSA) is 76.1 Å². The number of aryl methyl sites for hydroxylation is 2. The fourth-order valence-electron chi connectivity index (χ4n) is 4.26. The van der Waals surface area contributed by atoms with E-state index in [0.717, 1.165) is 17.5 Å². The summed E-state index contributed by atoms with van der Waals surface area (Å²) in [6.07, 6.45) is 0.879. The third-order valence-corrected chi connectivity index (χ3v) is 6.08. The van der Waals surface area contributed by atoms with Gasteiger partial charge in [-0.15, -0.1) is 0 Å². The zero-order valence-corrected chi connectivity index (χ0v) is 20.4. The number of hydrogen-bond acceptors (Lipinski definition) is 5. The number of methoxy groups -OCH3 is 1. The van der Waals surface area contributed by atoms with Crippen molar-refractivity contribution < 1.29 is 24.2 Å². The van der Waals surface area contributed by atoms with Crippen molar-refractivity contribution in [2.24, 2.45) is 0 Å². The SMILES string of the molecule is CCCOc1ccc(/C(O)=C2/C(=O)C(=O)N(c3ccc(C)cc3)C2c2cccc(OC)c2)cc1C. The Kier molecular flexibility index (Phi) is 6.92. The minimum Gasteiger partial charge on any atom is -0.507 e. The van der Waals surface area contributed by atoms with Gasteiger partial charge in [-0.1, -0.05) is 36.8 Å². The summed E-state index contributed by atoms with van der Waals surface area (Å²) in [7, 11) is 1.56. The Morgan fingerprint density at radius 2 is 1.74 bits per heavy atom. The van der Waals surface area contributed by atoms with Gasteiger partial charge in [-0.3, -0.25) is 14.5 Å². The standard InChI is InChI=1S/C29H29NO5/c1-5-15-35-24-14-11-21(16-19(24)3)27(31)25-26(20-7-6-8-23(17-20)34-4)30(29(33)28(25)32)22-12-9-18(2)10-13-22/h6-14,16-17,26,31H,5,15H2,1-4H3/b27-25-. The van der Waals surface area contributed by atoms with E-state index in [1.165, 1.54) is 4.90 Å². The number of carbonyl (C=O) groups is 2. The molecule has 180 valence electrons. The van der Waals surface area contributed by atoms with Gasteiger partial charge in [0.05, 0.1) is 25.3 Å². The predicted octanol–water partition coefficient (Wildman–Crippen LogP) is 5.73. The first-order valence-electron chi connectivity index (χ1n) is 11.6. The van der Waals surface area contributed by atoms with E-state index < -0.39 is 17.7 Å². The third-order valence-electron chi connectivity index (χ3n) is 6.08. The minimum absolute atomic E-state index is 0.0328. The van der Waals surface area contributed by atoms with Crippen molar-refractivity contribution in [3.05, 3.63) is 94.6 Å². The summed E-state index contributed by atoms with van der Waals surface area (Å²) >= 11 is 0. The fraction of sp³-hybridized carbons (Fsp3) is 0.241. The Hall–Kier alpha value is -4.06. The van der Waals surface area contributed by atoms with Crippen LogP contribution in [0.25, 0.3) is 5.76 Å². The van der Waals surface area contributed by atoms with Gasteiger partial charge in [-0.25, -0.2) is 0 Å². The first kappa shape index (κ1) is 24.1. The molecule has 0 radical (unpaired) electrons. The molecule has 0 aromatic heterocycles. The number of benzene rings is 3. The molecule has 4 rings (SSSR count). The first-order valence-corrected chi connectivity index (χ1v) is 11.6. The molecule has 1 amide bonds. The van der Waals surface area contributed by atoms with Crippen molar-refractivity contribution in [3.63, 3.8) is 0 Å². The van der Waals surface area contributed by atoms with E-state index in [0.29, 0.717) is 34.9 Å². The number of hydrogen-bond donors (Lipinski definition) is 1. The van der Waals surface area contributed by atoms with Crippen LogP contribution >= 0.6 is 0 Å². The van der Waals surface area contributed by atoms with E-state index in [1.54, 1.807) is 55.6 Å². The van der Waals surface area contributed by atoms with Crippen LogP contribution in [0.3, 0.4) is 0 Å². The van der Waals surface area contributed by atoms with E-state index in [2.05, 4.69) is 0 Å². The molecule has 6 nitrogen and oxygen atoms in total. The maximum Gasteiger partial charge on any atom is 0.300 e. The van der Waals surface area contributed by atoms with Gasteiger partial charge < -0.3 is 14.6 Å². The Labute approximate surface area is 205 Å². The van der Waals surface area contributed by atoms with Gasteiger partial charge in [0.15, 0.2) is 0 Å². The van der Waals surface area contributed by atoms with E-state index >= 15 is 0 Å². The molecule has 1 heterocycles. The number of aliphatic hydroxyl groups is 1. The zero-order valence-electron chi connectivity index (χ0n) is 20.4. The minimum atomic E-state index is -0.816. The number of anilines is 1. The van der Waals surface area contributed by atoms with Crippen LogP contribution in [0.15, 0.2) is 72.3 Å². The van der Waals surface area contributed by atoms with Crippen LogP contribution in [0.1, 0.15) is 41.6 Å². The van der Waals surface area contributed by atoms with Gasteiger partial charge in [0.25, 0.3) is 11.7 Å². The number of amides is 1. The number of nitrogens with zero attached hydrogens (tertiary/aromatic N) is 1. The van der Waals surface area contributed by atoms with Crippen molar-refractivity contribution in [3.8, 4) is 11.5 Å². The van der Waals surface area contributed by atoms with E-state index in [9.17, 15) is 14.7 Å². The summed E-state index contributed by atoms with van der Waals surface area (Å²) in [5, 5.41) is 11.4. The monoisotopic (exact) mass is 471 g/mol. The highest BCUT2D eigenvalue weighted by Crippen LogP contribution is 2.43. The molecule has 1 unspecified atom stereocenters. The summed E-state index contributed by atoms with van der Waals surface area (Å²) in [4.78, 5) is 28.1. The van der Waals surface area contributed by atoms with E-state index in [1.807, 2.05) is 39.0 Å². The molecular formula is C29H29NO5. The van der Waals surface area contributed by atoms with Crippen LogP contribution in [0.5, 0.6) is 11.5 Å². The second-order valence-electron chi connectivity index (χ2n) is 8.61. The number of ketones is 1. The van der Waals surface area contributed by atoms with Gasteiger partial charge in [0.1, 0.15) is 17.3 Å². The first-order chi connectivity index (χ1) is 16.8. The number of ether oxygens (including phenoxy) is 2. The molecule has 3 aromatic rings. The quantitative estimate of drug-likeness (QED) is 0.271. The summed E-state index contributed by atoms with van der Waals surface area (Å²) in [6.45, 7) is 6.45. The molecule has 3 aromatic carbocycles. The van der Waals surface area contributed by atoms with Crippen molar-refractivity contribution in [2.75, 3.05) is 18.6 Å². The van der Waals surface area contributed by atoms with Crippen LogP contribution < -0.4 is 14.4 Å². The van der Waals surface area contributed by atoms with Crippen LogP contribution in [-0.4, -0.2) is 30.5 Å². The van der Waals surface area contributed by atoms with Gasteiger partial charge >= 0.3 is 0 Å². The Morgan fingerprint density at radius 1 is 1.00 bits per heavy atom. The average molecular weight is 472 g/mol. The summed E-state index contributed by atoms with van der Waals surface area (Å²) in [6, 6.07) is 19.0. The second kappa shape index (κ2) is 10.1. The fourth-order valence-corrected chi connectivity index (χ4v) is 4.26. The third kappa shape index (κ3) is 4.64. The normalized spacial score (nSPS) is 17.0. The lowest BCUT2D eigenvalue weighted by atomic mass is 9.94. The zero-order chi connectivity index (χ0) is 25.1. The van der Waals surface area contributed by atoms with Crippen LogP contribution in [0.4, 0.5) is 5.69 Å². The lowest BCUT2D eigenvalue weighted by Gasteiger charge is -2.26. The largest absolute Gasteiger partial charge is 0.507 e. The molecule has 0 spiro atoms. The summed E-state index contributed by atoms with van der Waals surface area (Å²) in [5.74, 6) is -0.350. The van der Waals surface area contributed by atoms with Gasteiger partial charge in [0, 0.05) is 11.3 Å². The molecule has 35 heavy (non-hydrogen) atoms. The van der Waals surface area contributed by atoms with Gasteiger partial charge in [-0.05, 0) is 73.9 Å². The van der Waals surface area contributed by atoms with Crippen molar-refractivity contribution in [1.82, 2.24) is 0 Å². The number of rotatable bonds is 7. The lowest BCUT2D eigenvalue weighted by Crippen LogP contribution is -2.29. The molecule has 1 atom stereocenters. The highest BCUT2D eigenvalue weighted by Gasteiger charge is 2.47. The molecule has 0 aliphatic carbocycles. The second-order valence-corrected chi connectivity index (χ2v) is 8.61. The number of aliphatic hydroxyl groups excluding tert-OH is 1. The molecule has 1 fully saturated rings. The summed E-state index contributed by atoms with van der Waals surface area (Å²) in [5.41, 5.74) is 3.57. The Balaban J connectivity index is 1.88. The predicted molar refractivity (Wildman–Crippen MR) is 136 cm³/mol. The van der Waals surface area contributed by atoms with Crippen molar-refractivity contribution >= 4 is 23.1 Å². The molecule has 0 saturated carbocycles. The Morgan fingerprint density at radius 3 is 2.40 bits per heavy atom. The highest BCUT2D eigenvalue weighted by atomic mass is 16.5. The number of carbonyl (C=O) groups excluding carboxylic acids is 2. The molecule has 0 bridgehead atoms. The van der Waals surface area contributed by atoms with Crippen molar-refractivity contribution in [2.45, 2.75) is 33.2 Å². The maximum atomic E-state index is 13.3. The molecule has 6 heteroatoms. The van der Waals surface area contributed by atoms with Gasteiger partial charge in [0.2, 0.25) is 0 Å². The van der Waals surface area contributed by atoms with Crippen LogP contribution in [-0.2, 0) is 9.59 Å². The molecule has 1 N–H and O–H groups in total. The molecule has 1 aliphatic rings. The molecular weight excluding hydrogens is 442 g/mol. The number of Topliss-reactive ketones (excluding diaryl/α,β-unsaturated/α-hetero) is 1. The highest BCUT2D eigenvalue weighted by molar-refractivity contribution is 6.51. The smallest absolute Gasteiger partial charge is 0.300 e. The van der Waals surface area contributed by atoms with Crippen LogP contribution in [0.2, 0.25) is 0 Å². The molecule has 1 saturated heterocycles. The van der Waals surface area contributed by atoms with Gasteiger partial charge in [-0.2, -0.15) is 0 Å². The van der Waals surface area contributed by atoms with Crippen LogP contribution in [0, 0.1) is 13.8 Å². The maximum absolute atomic E-state index is 13.3. The molecule has 1 aliphatic heterocycles.